The average molecular weight is 297 g/mol. The zero-order valence-corrected chi connectivity index (χ0v) is 13.0. The molecule has 0 spiro atoms. The molecule has 2 N–H and O–H groups in total. The molecule has 2 rings (SSSR count). The van der Waals surface area contributed by atoms with Gasteiger partial charge in [0.15, 0.2) is 4.77 Å². The van der Waals surface area contributed by atoms with Gasteiger partial charge >= 0.3 is 0 Å². The Kier molecular flexibility index (Phi) is 4.93. The fourth-order valence-corrected chi connectivity index (χ4v) is 2.89. The monoisotopic (exact) mass is 297 g/mol. The number of primary amides is 1. The van der Waals surface area contributed by atoms with Crippen LogP contribution in [0.25, 0.3) is 0 Å². The molecular weight excluding hydrogens is 274 g/mol. The third kappa shape index (κ3) is 3.67. The Labute approximate surface area is 124 Å². The van der Waals surface area contributed by atoms with Gasteiger partial charge in [0.05, 0.1) is 6.67 Å². The normalized spacial score (nSPS) is 20.2. The summed E-state index contributed by atoms with van der Waals surface area (Å²) in [4.78, 5) is 13.3. The smallest absolute Gasteiger partial charge is 0.217 e. The molecule has 0 saturated carbocycles. The van der Waals surface area contributed by atoms with Crippen LogP contribution in [0.1, 0.15) is 32.0 Å². The van der Waals surface area contributed by atoms with E-state index in [0.29, 0.717) is 17.6 Å². The fraction of sp³-hybridized carbons (Fsp3) is 0.769. The number of amides is 1. The molecule has 1 aliphatic heterocycles. The molecule has 1 saturated heterocycles. The molecule has 0 bridgehead atoms. The highest BCUT2D eigenvalue weighted by Crippen LogP contribution is 2.16. The van der Waals surface area contributed by atoms with E-state index in [2.05, 4.69) is 16.9 Å². The minimum absolute atomic E-state index is 0.306. The molecule has 1 aromatic rings. The molecule has 1 atom stereocenters. The lowest BCUT2D eigenvalue weighted by molar-refractivity contribution is -0.118. The van der Waals surface area contributed by atoms with Crippen molar-refractivity contribution in [3.63, 3.8) is 0 Å². The minimum Gasteiger partial charge on any atom is -0.370 e. The van der Waals surface area contributed by atoms with Gasteiger partial charge in [0.2, 0.25) is 5.91 Å². The van der Waals surface area contributed by atoms with Crippen LogP contribution in [0.2, 0.25) is 0 Å². The van der Waals surface area contributed by atoms with E-state index < -0.39 is 0 Å². The second-order valence-electron chi connectivity index (χ2n) is 5.69. The van der Waals surface area contributed by atoms with Gasteiger partial charge in [0, 0.05) is 26.4 Å². The van der Waals surface area contributed by atoms with E-state index in [1.54, 1.807) is 0 Å². The number of carbonyl (C=O) groups is 1. The second-order valence-corrected chi connectivity index (χ2v) is 6.05. The molecule has 0 aliphatic carbocycles. The second kappa shape index (κ2) is 6.49. The summed E-state index contributed by atoms with van der Waals surface area (Å²) in [5.41, 5.74) is 5.18. The largest absolute Gasteiger partial charge is 0.370 e. The quantitative estimate of drug-likeness (QED) is 0.825. The molecule has 112 valence electrons. The van der Waals surface area contributed by atoms with Crippen molar-refractivity contribution in [2.24, 2.45) is 18.7 Å². The van der Waals surface area contributed by atoms with Gasteiger partial charge in [-0.3, -0.25) is 9.69 Å². The Morgan fingerprint density at radius 1 is 1.55 bits per heavy atom. The number of rotatable bonds is 5. The third-order valence-corrected chi connectivity index (χ3v) is 4.29. The molecule has 1 aromatic heterocycles. The van der Waals surface area contributed by atoms with Crippen molar-refractivity contribution >= 4 is 18.1 Å². The van der Waals surface area contributed by atoms with Crippen molar-refractivity contribution in [1.82, 2.24) is 19.2 Å². The van der Waals surface area contributed by atoms with Crippen LogP contribution in [0.4, 0.5) is 0 Å². The van der Waals surface area contributed by atoms with Crippen molar-refractivity contribution in [1.29, 1.82) is 0 Å². The molecule has 0 aromatic carbocycles. The van der Waals surface area contributed by atoms with Crippen LogP contribution in [-0.4, -0.2) is 38.2 Å². The summed E-state index contributed by atoms with van der Waals surface area (Å²) in [5.74, 6) is 1.24. The van der Waals surface area contributed by atoms with Crippen LogP contribution in [-0.2, 0) is 24.9 Å². The van der Waals surface area contributed by atoms with Gasteiger partial charge in [-0.1, -0.05) is 6.92 Å². The van der Waals surface area contributed by atoms with Gasteiger partial charge in [-0.2, -0.15) is 5.10 Å². The summed E-state index contributed by atoms with van der Waals surface area (Å²) in [6.07, 6.45) is 3.38. The highest BCUT2D eigenvalue weighted by atomic mass is 32.1. The van der Waals surface area contributed by atoms with E-state index in [-0.39, 0.29) is 5.91 Å². The number of hydrogen-bond acceptors (Lipinski definition) is 4. The highest BCUT2D eigenvalue weighted by Gasteiger charge is 2.18. The Balaban J connectivity index is 2.06. The van der Waals surface area contributed by atoms with Crippen molar-refractivity contribution < 1.29 is 4.79 Å². The van der Waals surface area contributed by atoms with Gasteiger partial charge in [-0.25, -0.2) is 4.68 Å². The van der Waals surface area contributed by atoms with Gasteiger partial charge in [0.25, 0.3) is 0 Å². The first-order chi connectivity index (χ1) is 9.47. The van der Waals surface area contributed by atoms with Gasteiger partial charge < -0.3 is 10.3 Å². The maximum atomic E-state index is 10.9. The summed E-state index contributed by atoms with van der Waals surface area (Å²) in [6, 6.07) is 0. The number of likely N-dealkylation sites (tertiary alicyclic amines) is 1. The summed E-state index contributed by atoms with van der Waals surface area (Å²) < 4.78 is 4.41. The first-order valence-corrected chi connectivity index (χ1v) is 7.51. The van der Waals surface area contributed by atoms with Crippen LogP contribution in [0.3, 0.4) is 0 Å². The SMILES string of the molecule is C[C@H]1CCCN(Cn2nc(CCC(N)=O)n(C)c2=S)C1. The lowest BCUT2D eigenvalue weighted by Crippen LogP contribution is -2.36. The van der Waals surface area contributed by atoms with Crippen LogP contribution in [0.5, 0.6) is 0 Å². The molecular formula is C13H23N5OS. The Hall–Kier alpha value is -1.21. The number of carbonyl (C=O) groups excluding carboxylic acids is 1. The van der Waals surface area contributed by atoms with Gasteiger partial charge in [-0.15, -0.1) is 0 Å². The summed E-state index contributed by atoms with van der Waals surface area (Å²) in [7, 11) is 1.89. The molecule has 0 radical (unpaired) electrons. The lowest BCUT2D eigenvalue weighted by Gasteiger charge is -2.30. The lowest BCUT2D eigenvalue weighted by atomic mass is 10.0. The predicted molar refractivity (Wildman–Crippen MR) is 79.5 cm³/mol. The highest BCUT2D eigenvalue weighted by molar-refractivity contribution is 7.71. The standard InChI is InChI=1S/C13H23N5OS/c1-10-4-3-7-17(8-10)9-18-13(20)16(2)12(15-18)6-5-11(14)19/h10H,3-9H2,1-2H3,(H2,14,19)/t10-/m0/s1. The fourth-order valence-electron chi connectivity index (χ4n) is 2.68. The van der Waals surface area contributed by atoms with Crippen LogP contribution in [0.15, 0.2) is 0 Å². The van der Waals surface area contributed by atoms with E-state index in [9.17, 15) is 4.79 Å². The van der Waals surface area contributed by atoms with Crippen LogP contribution < -0.4 is 5.73 Å². The molecule has 1 aliphatic rings. The molecule has 1 fully saturated rings. The zero-order valence-electron chi connectivity index (χ0n) is 12.2. The summed E-state index contributed by atoms with van der Waals surface area (Å²) in [6.45, 7) is 5.20. The third-order valence-electron chi connectivity index (χ3n) is 3.80. The maximum absolute atomic E-state index is 10.9. The van der Waals surface area contributed by atoms with E-state index in [1.165, 1.54) is 12.8 Å². The topological polar surface area (TPSA) is 69.1 Å². The number of nitrogens with zero attached hydrogens (tertiary/aromatic N) is 4. The zero-order chi connectivity index (χ0) is 14.7. The molecule has 0 unspecified atom stereocenters. The minimum atomic E-state index is -0.310. The first-order valence-electron chi connectivity index (χ1n) is 7.10. The predicted octanol–water partition coefficient (Wildman–Crippen LogP) is 1.06. The molecule has 7 heteroatoms. The van der Waals surface area contributed by atoms with Crippen molar-refractivity contribution in [3.05, 3.63) is 10.6 Å². The Morgan fingerprint density at radius 2 is 2.30 bits per heavy atom. The van der Waals surface area contributed by atoms with Crippen LogP contribution in [0, 0.1) is 10.7 Å². The summed E-state index contributed by atoms with van der Waals surface area (Å²) in [5, 5.41) is 4.53. The molecule has 2 heterocycles. The number of hydrogen-bond donors (Lipinski definition) is 1. The van der Waals surface area contributed by atoms with E-state index in [0.717, 1.165) is 31.5 Å². The van der Waals surface area contributed by atoms with Gasteiger partial charge in [0.1, 0.15) is 5.82 Å². The Bertz CT molecular complexity index is 535. The average Bonchev–Trinajstić information content (AvgIpc) is 2.65. The Morgan fingerprint density at radius 3 is 2.95 bits per heavy atom. The first kappa shape index (κ1) is 15.2. The number of nitrogens with two attached hydrogens (primary N) is 1. The number of aryl methyl sites for hydroxylation is 1. The van der Waals surface area contributed by atoms with E-state index >= 15 is 0 Å². The molecule has 20 heavy (non-hydrogen) atoms. The number of piperidine rings is 1. The van der Waals surface area contributed by atoms with E-state index in [1.807, 2.05) is 16.3 Å². The van der Waals surface area contributed by atoms with Crippen LogP contribution >= 0.6 is 12.2 Å². The van der Waals surface area contributed by atoms with E-state index in [4.69, 9.17) is 18.0 Å². The maximum Gasteiger partial charge on any atom is 0.217 e. The molecule has 6 nitrogen and oxygen atoms in total. The van der Waals surface area contributed by atoms with Gasteiger partial charge in [-0.05, 0) is 37.5 Å². The summed E-state index contributed by atoms with van der Waals surface area (Å²) >= 11 is 5.41. The van der Waals surface area contributed by atoms with Crippen molar-refractivity contribution in [2.75, 3.05) is 13.1 Å². The molecule has 1 amide bonds. The van der Waals surface area contributed by atoms with Crippen molar-refractivity contribution in [3.8, 4) is 0 Å². The van der Waals surface area contributed by atoms with Crippen molar-refractivity contribution in [2.45, 2.75) is 39.3 Å². The number of aromatic nitrogens is 3.